The van der Waals surface area contributed by atoms with Gasteiger partial charge >= 0.3 is 12.1 Å². The lowest BCUT2D eigenvalue weighted by atomic mass is 9.94. The SMILES string of the molecule is CCC[C@H]1CCc2ccccc2CN1C(=O)CN1C(=O)O[C@]2(CCc3cc(NC(=O)NC)ccc32)C1=O. The Labute approximate surface area is 216 Å². The van der Waals surface area contributed by atoms with E-state index in [1.54, 1.807) is 18.2 Å². The molecule has 37 heavy (non-hydrogen) atoms. The highest BCUT2D eigenvalue weighted by atomic mass is 16.6. The van der Waals surface area contributed by atoms with E-state index in [4.69, 9.17) is 4.74 Å². The van der Waals surface area contributed by atoms with Crippen molar-refractivity contribution in [2.45, 2.75) is 63.6 Å². The number of aryl methyl sites for hydroxylation is 2. The van der Waals surface area contributed by atoms with E-state index in [1.807, 2.05) is 23.1 Å². The van der Waals surface area contributed by atoms with Crippen molar-refractivity contribution in [3.63, 3.8) is 0 Å². The van der Waals surface area contributed by atoms with E-state index in [9.17, 15) is 19.2 Å². The van der Waals surface area contributed by atoms with E-state index < -0.39 is 17.6 Å². The number of hydrogen-bond acceptors (Lipinski definition) is 5. The molecule has 2 aliphatic heterocycles. The minimum Gasteiger partial charge on any atom is -0.427 e. The van der Waals surface area contributed by atoms with Gasteiger partial charge in [-0.2, -0.15) is 0 Å². The molecule has 194 valence electrons. The third kappa shape index (κ3) is 4.43. The highest BCUT2D eigenvalue weighted by molar-refractivity contribution is 6.06. The number of anilines is 1. The average Bonchev–Trinajstić information content (AvgIpc) is 3.28. The first kappa shape index (κ1) is 24.8. The monoisotopic (exact) mass is 504 g/mol. The van der Waals surface area contributed by atoms with Crippen LogP contribution < -0.4 is 10.6 Å². The van der Waals surface area contributed by atoms with E-state index in [2.05, 4.69) is 23.6 Å². The van der Waals surface area contributed by atoms with Crippen LogP contribution in [0, 0.1) is 0 Å². The van der Waals surface area contributed by atoms with Gasteiger partial charge < -0.3 is 20.3 Å². The minimum atomic E-state index is -1.42. The Morgan fingerprint density at radius 2 is 1.86 bits per heavy atom. The number of nitrogens with zero attached hydrogens (tertiary/aromatic N) is 2. The zero-order valence-electron chi connectivity index (χ0n) is 21.2. The Balaban J connectivity index is 1.36. The molecule has 0 radical (unpaired) electrons. The normalized spacial score (nSPS) is 22.4. The van der Waals surface area contributed by atoms with Crippen LogP contribution in [-0.4, -0.2) is 53.4 Å². The Morgan fingerprint density at radius 1 is 1.08 bits per heavy atom. The summed E-state index contributed by atoms with van der Waals surface area (Å²) < 4.78 is 5.71. The quantitative estimate of drug-likeness (QED) is 0.646. The lowest BCUT2D eigenvalue weighted by Crippen LogP contribution is -2.47. The number of hydrogen-bond donors (Lipinski definition) is 2. The maximum Gasteiger partial charge on any atom is 0.418 e. The van der Waals surface area contributed by atoms with Crippen molar-refractivity contribution in [3.05, 3.63) is 64.7 Å². The van der Waals surface area contributed by atoms with E-state index >= 15 is 0 Å². The number of carbonyl (C=O) groups excluding carboxylic acids is 4. The van der Waals surface area contributed by atoms with Gasteiger partial charge in [-0.3, -0.25) is 9.59 Å². The first-order valence-electron chi connectivity index (χ1n) is 12.9. The summed E-state index contributed by atoms with van der Waals surface area (Å²) in [6.45, 7) is 2.22. The van der Waals surface area contributed by atoms with E-state index in [1.165, 1.54) is 12.6 Å². The molecule has 0 bridgehead atoms. The van der Waals surface area contributed by atoms with Crippen LogP contribution in [0.5, 0.6) is 0 Å². The summed E-state index contributed by atoms with van der Waals surface area (Å²) in [6, 6.07) is 13.0. The molecule has 2 N–H and O–H groups in total. The summed E-state index contributed by atoms with van der Waals surface area (Å²) in [7, 11) is 1.53. The minimum absolute atomic E-state index is 0.0473. The van der Waals surface area contributed by atoms with Crippen LogP contribution in [0.3, 0.4) is 0 Å². The number of fused-ring (bicyclic) bond motifs is 3. The van der Waals surface area contributed by atoms with Crippen molar-refractivity contribution >= 4 is 29.6 Å². The number of ether oxygens (including phenoxy) is 1. The van der Waals surface area contributed by atoms with Crippen LogP contribution in [0.2, 0.25) is 0 Å². The Kier molecular flexibility index (Phi) is 6.62. The molecule has 1 spiro atoms. The van der Waals surface area contributed by atoms with Gasteiger partial charge in [0.2, 0.25) is 11.5 Å². The second-order valence-electron chi connectivity index (χ2n) is 9.93. The first-order valence-corrected chi connectivity index (χ1v) is 12.9. The standard InChI is InChI=1S/C28H32N4O5/c1-3-6-22-11-9-18-7-4-5-8-20(18)16-31(22)24(33)17-32-25(34)28(37-27(32)36)14-13-19-15-21(10-12-23(19)28)30-26(35)29-2/h4-5,7-8,10,12,15,22H,3,6,9,11,13-14,16-17H2,1-2H3,(H2,29,30,35)/t22-,28-/m0/s1. The van der Waals surface area contributed by atoms with Crippen molar-refractivity contribution in [1.82, 2.24) is 15.1 Å². The zero-order chi connectivity index (χ0) is 26.2. The van der Waals surface area contributed by atoms with Gasteiger partial charge in [-0.15, -0.1) is 0 Å². The molecule has 3 aliphatic rings. The van der Waals surface area contributed by atoms with Crippen molar-refractivity contribution in [3.8, 4) is 0 Å². The van der Waals surface area contributed by atoms with Crippen LogP contribution in [0.25, 0.3) is 0 Å². The van der Waals surface area contributed by atoms with E-state index in [-0.39, 0.29) is 24.5 Å². The molecule has 5 amide bonds. The Morgan fingerprint density at radius 3 is 2.62 bits per heavy atom. The number of amides is 5. The van der Waals surface area contributed by atoms with Crippen molar-refractivity contribution in [2.75, 3.05) is 18.9 Å². The molecule has 1 aliphatic carbocycles. The molecule has 0 unspecified atom stereocenters. The summed E-state index contributed by atoms with van der Waals surface area (Å²) >= 11 is 0. The van der Waals surface area contributed by atoms with Crippen molar-refractivity contribution in [1.29, 1.82) is 0 Å². The fourth-order valence-corrected chi connectivity index (χ4v) is 5.82. The molecule has 1 saturated heterocycles. The molecule has 5 rings (SSSR count). The maximum atomic E-state index is 13.6. The average molecular weight is 505 g/mol. The van der Waals surface area contributed by atoms with E-state index in [0.717, 1.165) is 41.7 Å². The second-order valence-corrected chi connectivity index (χ2v) is 9.93. The predicted octanol–water partition coefficient (Wildman–Crippen LogP) is 3.70. The Hall–Kier alpha value is -3.88. The fourth-order valence-electron chi connectivity index (χ4n) is 5.82. The number of nitrogens with one attached hydrogen (secondary N) is 2. The number of imide groups is 1. The summed E-state index contributed by atoms with van der Waals surface area (Å²) in [5.41, 5.74) is 2.94. The van der Waals surface area contributed by atoms with Gasteiger partial charge in [0, 0.05) is 37.3 Å². The predicted molar refractivity (Wildman–Crippen MR) is 137 cm³/mol. The molecule has 9 heteroatoms. The van der Waals surface area contributed by atoms with Gasteiger partial charge in [0.25, 0.3) is 5.91 Å². The fraction of sp³-hybridized carbons (Fsp3) is 0.429. The van der Waals surface area contributed by atoms with Crippen LogP contribution in [0.15, 0.2) is 42.5 Å². The highest BCUT2D eigenvalue weighted by Gasteiger charge is 2.58. The topological polar surface area (TPSA) is 108 Å². The smallest absolute Gasteiger partial charge is 0.418 e. The second kappa shape index (κ2) is 9.88. The molecule has 9 nitrogen and oxygen atoms in total. The van der Waals surface area contributed by atoms with Crippen LogP contribution in [0.1, 0.15) is 54.9 Å². The van der Waals surface area contributed by atoms with Gasteiger partial charge in [0.1, 0.15) is 6.54 Å². The molecule has 0 aromatic heterocycles. The third-order valence-electron chi connectivity index (χ3n) is 7.73. The molecule has 2 heterocycles. The highest BCUT2D eigenvalue weighted by Crippen LogP contribution is 2.46. The number of carbonyl (C=O) groups is 4. The summed E-state index contributed by atoms with van der Waals surface area (Å²) in [6.07, 6.45) is 3.57. The molecule has 2 aromatic rings. The third-order valence-corrected chi connectivity index (χ3v) is 7.73. The molecular formula is C28H32N4O5. The van der Waals surface area contributed by atoms with Gasteiger partial charge in [0.05, 0.1) is 0 Å². The van der Waals surface area contributed by atoms with E-state index in [0.29, 0.717) is 30.6 Å². The summed E-state index contributed by atoms with van der Waals surface area (Å²) in [4.78, 5) is 54.6. The maximum absolute atomic E-state index is 13.6. The molecule has 2 atom stereocenters. The van der Waals surface area contributed by atoms with Crippen LogP contribution in [-0.2, 0) is 39.3 Å². The molecular weight excluding hydrogens is 472 g/mol. The summed E-state index contributed by atoms with van der Waals surface area (Å²) in [5.74, 6) is -0.750. The van der Waals surface area contributed by atoms with Crippen LogP contribution in [0.4, 0.5) is 15.3 Å². The zero-order valence-corrected chi connectivity index (χ0v) is 21.2. The number of urea groups is 1. The van der Waals surface area contributed by atoms with Crippen molar-refractivity contribution < 1.29 is 23.9 Å². The summed E-state index contributed by atoms with van der Waals surface area (Å²) in [5, 5.41) is 5.21. The van der Waals surface area contributed by atoms with Gasteiger partial charge in [0.15, 0.2) is 0 Å². The lowest BCUT2D eigenvalue weighted by molar-refractivity contribution is -0.143. The number of benzene rings is 2. The van der Waals surface area contributed by atoms with Crippen molar-refractivity contribution in [2.24, 2.45) is 0 Å². The largest absolute Gasteiger partial charge is 0.427 e. The molecule has 0 saturated carbocycles. The van der Waals surface area contributed by atoms with Gasteiger partial charge in [-0.25, -0.2) is 14.5 Å². The molecule has 1 fully saturated rings. The van der Waals surface area contributed by atoms with Crippen LogP contribution >= 0.6 is 0 Å². The molecule has 2 aromatic carbocycles. The Bertz CT molecular complexity index is 1260. The lowest BCUT2D eigenvalue weighted by Gasteiger charge is -2.31. The number of rotatable bonds is 5. The van der Waals surface area contributed by atoms with Gasteiger partial charge in [-0.1, -0.05) is 43.7 Å². The first-order chi connectivity index (χ1) is 17.9. The van der Waals surface area contributed by atoms with Gasteiger partial charge in [-0.05, 0) is 54.5 Å².